The summed E-state index contributed by atoms with van der Waals surface area (Å²) in [7, 11) is 0. The average molecular weight is 338 g/mol. The highest BCUT2D eigenvalue weighted by Gasteiger charge is 2.18. The lowest BCUT2D eigenvalue weighted by Crippen LogP contribution is -2.25. The molecule has 4 nitrogen and oxygen atoms in total. The fourth-order valence-corrected chi connectivity index (χ4v) is 2.94. The molecule has 2 unspecified atom stereocenters. The van der Waals surface area contributed by atoms with E-state index in [1.165, 1.54) is 5.56 Å². The number of ether oxygens (including phenoxy) is 1. The number of rotatable bonds is 7. The summed E-state index contributed by atoms with van der Waals surface area (Å²) in [5.74, 6) is 2.15. The van der Waals surface area contributed by atoms with Gasteiger partial charge in [0.05, 0.1) is 17.6 Å². The molecule has 3 rings (SSSR count). The molecule has 4 heteroatoms. The van der Waals surface area contributed by atoms with Gasteiger partial charge in [0.2, 0.25) is 0 Å². The maximum absolute atomic E-state index is 10.5. The van der Waals surface area contributed by atoms with E-state index in [1.54, 1.807) is 0 Å². The first-order valence-electron chi connectivity index (χ1n) is 8.91. The van der Waals surface area contributed by atoms with Gasteiger partial charge in [-0.1, -0.05) is 43.7 Å². The van der Waals surface area contributed by atoms with Gasteiger partial charge in [-0.2, -0.15) is 0 Å². The molecule has 0 spiro atoms. The molecular weight excluding hydrogens is 312 g/mol. The molecule has 3 aromatic rings. The number of hydrogen-bond donors (Lipinski definition) is 1. The van der Waals surface area contributed by atoms with E-state index in [4.69, 9.17) is 9.72 Å². The molecule has 2 atom stereocenters. The Morgan fingerprint density at radius 3 is 2.56 bits per heavy atom. The van der Waals surface area contributed by atoms with Crippen molar-refractivity contribution >= 4 is 11.0 Å². The number of aryl methyl sites for hydroxylation is 1. The SMILES string of the molecule is CCC(C)c1nc2ccccc2n1CC(O)COc1ccc(C)cc1. The van der Waals surface area contributed by atoms with Crippen LogP contribution in [0.2, 0.25) is 0 Å². The van der Waals surface area contributed by atoms with Crippen LogP contribution in [-0.4, -0.2) is 27.4 Å². The zero-order valence-electron chi connectivity index (χ0n) is 15.1. The number of nitrogens with zero attached hydrogens (tertiary/aromatic N) is 2. The Bertz CT molecular complexity index is 824. The number of aliphatic hydroxyl groups excluding tert-OH is 1. The Morgan fingerprint density at radius 2 is 1.84 bits per heavy atom. The van der Waals surface area contributed by atoms with Gasteiger partial charge in [-0.05, 0) is 37.6 Å². The molecule has 132 valence electrons. The highest BCUT2D eigenvalue weighted by molar-refractivity contribution is 5.76. The molecule has 0 aliphatic carbocycles. The van der Waals surface area contributed by atoms with Crippen LogP contribution < -0.4 is 4.74 Å². The predicted octanol–water partition coefficient (Wildman–Crippen LogP) is 4.30. The lowest BCUT2D eigenvalue weighted by atomic mass is 10.1. The van der Waals surface area contributed by atoms with E-state index in [9.17, 15) is 5.11 Å². The fraction of sp³-hybridized carbons (Fsp3) is 0.381. The number of fused-ring (bicyclic) bond motifs is 1. The molecule has 1 N–H and O–H groups in total. The van der Waals surface area contributed by atoms with E-state index in [-0.39, 0.29) is 6.61 Å². The number of imidazole rings is 1. The smallest absolute Gasteiger partial charge is 0.119 e. The van der Waals surface area contributed by atoms with Gasteiger partial charge < -0.3 is 14.4 Å². The predicted molar refractivity (Wildman–Crippen MR) is 101 cm³/mol. The number of para-hydroxylation sites is 2. The minimum Gasteiger partial charge on any atom is -0.491 e. The van der Waals surface area contributed by atoms with Crippen LogP contribution in [0.3, 0.4) is 0 Å². The van der Waals surface area contributed by atoms with E-state index in [0.29, 0.717) is 12.5 Å². The van der Waals surface area contributed by atoms with Gasteiger partial charge >= 0.3 is 0 Å². The summed E-state index contributed by atoms with van der Waals surface area (Å²) in [6, 6.07) is 16.0. The zero-order chi connectivity index (χ0) is 17.8. The molecule has 1 aromatic heterocycles. The molecule has 0 saturated carbocycles. The van der Waals surface area contributed by atoms with Crippen molar-refractivity contribution in [2.24, 2.45) is 0 Å². The molecule has 2 aromatic carbocycles. The van der Waals surface area contributed by atoms with E-state index >= 15 is 0 Å². The van der Waals surface area contributed by atoms with Crippen LogP contribution in [0.4, 0.5) is 0 Å². The van der Waals surface area contributed by atoms with Gasteiger partial charge in [-0.15, -0.1) is 0 Å². The second-order valence-electron chi connectivity index (χ2n) is 6.66. The summed E-state index contributed by atoms with van der Waals surface area (Å²) in [5.41, 5.74) is 3.23. The van der Waals surface area contributed by atoms with Gasteiger partial charge in [0.15, 0.2) is 0 Å². The van der Waals surface area contributed by atoms with Gasteiger partial charge in [0, 0.05) is 5.92 Å². The molecule has 1 heterocycles. The maximum Gasteiger partial charge on any atom is 0.119 e. The Hall–Kier alpha value is -2.33. The van der Waals surface area contributed by atoms with Gasteiger partial charge in [0.1, 0.15) is 24.3 Å². The van der Waals surface area contributed by atoms with Crippen molar-refractivity contribution in [3.63, 3.8) is 0 Å². The maximum atomic E-state index is 10.5. The first-order valence-corrected chi connectivity index (χ1v) is 8.91. The van der Waals surface area contributed by atoms with E-state index in [2.05, 4.69) is 24.5 Å². The highest BCUT2D eigenvalue weighted by atomic mass is 16.5. The molecular formula is C21H26N2O2. The second kappa shape index (κ2) is 7.70. The molecule has 0 aliphatic heterocycles. The third-order valence-electron chi connectivity index (χ3n) is 4.59. The highest BCUT2D eigenvalue weighted by Crippen LogP contribution is 2.24. The van der Waals surface area contributed by atoms with Crippen LogP contribution >= 0.6 is 0 Å². The molecule has 0 aliphatic rings. The molecule has 0 fully saturated rings. The van der Waals surface area contributed by atoms with E-state index in [0.717, 1.165) is 29.0 Å². The summed E-state index contributed by atoms with van der Waals surface area (Å²) in [4.78, 5) is 4.78. The number of aliphatic hydroxyl groups is 1. The quantitative estimate of drug-likeness (QED) is 0.699. The normalized spacial score (nSPS) is 13.8. The third-order valence-corrected chi connectivity index (χ3v) is 4.59. The summed E-state index contributed by atoms with van der Waals surface area (Å²) < 4.78 is 7.86. The minimum atomic E-state index is -0.596. The van der Waals surface area contributed by atoms with Gasteiger partial charge in [0.25, 0.3) is 0 Å². The Balaban J connectivity index is 1.75. The van der Waals surface area contributed by atoms with Crippen molar-refractivity contribution in [1.29, 1.82) is 0 Å². The van der Waals surface area contributed by atoms with E-state index < -0.39 is 6.10 Å². The molecule has 0 bridgehead atoms. The first-order chi connectivity index (χ1) is 12.1. The molecule has 0 radical (unpaired) electrons. The fourth-order valence-electron chi connectivity index (χ4n) is 2.94. The van der Waals surface area contributed by atoms with Crippen molar-refractivity contribution in [2.75, 3.05) is 6.61 Å². The summed E-state index contributed by atoms with van der Waals surface area (Å²) in [5, 5.41) is 10.5. The molecule has 0 saturated heterocycles. The number of hydrogen-bond acceptors (Lipinski definition) is 3. The number of aromatic nitrogens is 2. The van der Waals surface area contributed by atoms with Crippen molar-refractivity contribution in [3.8, 4) is 5.75 Å². The summed E-state index contributed by atoms with van der Waals surface area (Å²) >= 11 is 0. The molecule has 0 amide bonds. The lowest BCUT2D eigenvalue weighted by molar-refractivity contribution is 0.0924. The first kappa shape index (κ1) is 17.5. The van der Waals surface area contributed by atoms with Crippen LogP contribution in [-0.2, 0) is 6.54 Å². The third kappa shape index (κ3) is 4.02. The van der Waals surface area contributed by atoms with Crippen LogP contribution in [0.1, 0.15) is 37.6 Å². The van der Waals surface area contributed by atoms with Crippen LogP contribution in [0.5, 0.6) is 5.75 Å². The van der Waals surface area contributed by atoms with Crippen molar-refractivity contribution in [2.45, 2.75) is 45.8 Å². The average Bonchev–Trinajstić information content (AvgIpc) is 2.99. The number of benzene rings is 2. The van der Waals surface area contributed by atoms with Crippen molar-refractivity contribution in [1.82, 2.24) is 9.55 Å². The van der Waals surface area contributed by atoms with E-state index in [1.807, 2.05) is 49.4 Å². The summed E-state index contributed by atoms with van der Waals surface area (Å²) in [6.45, 7) is 7.11. The zero-order valence-corrected chi connectivity index (χ0v) is 15.1. The largest absolute Gasteiger partial charge is 0.491 e. The Kier molecular flexibility index (Phi) is 5.39. The van der Waals surface area contributed by atoms with Gasteiger partial charge in [-0.25, -0.2) is 4.98 Å². The van der Waals surface area contributed by atoms with Crippen LogP contribution in [0.15, 0.2) is 48.5 Å². The monoisotopic (exact) mass is 338 g/mol. The topological polar surface area (TPSA) is 47.3 Å². The standard InChI is InChI=1S/C21H26N2O2/c1-4-16(3)21-22-19-7-5-6-8-20(19)23(21)13-17(24)14-25-18-11-9-15(2)10-12-18/h5-12,16-17,24H,4,13-14H2,1-3H3. The molecule has 25 heavy (non-hydrogen) atoms. The minimum absolute atomic E-state index is 0.259. The van der Waals surface area contributed by atoms with Gasteiger partial charge in [-0.3, -0.25) is 0 Å². The lowest BCUT2D eigenvalue weighted by Gasteiger charge is -2.17. The second-order valence-corrected chi connectivity index (χ2v) is 6.66. The summed E-state index contributed by atoms with van der Waals surface area (Å²) in [6.07, 6.45) is 0.418. The Morgan fingerprint density at radius 1 is 1.12 bits per heavy atom. The van der Waals surface area contributed by atoms with Crippen molar-refractivity contribution in [3.05, 3.63) is 59.9 Å². The Labute approximate surface area is 149 Å². The van der Waals surface area contributed by atoms with Crippen molar-refractivity contribution < 1.29 is 9.84 Å². The van der Waals surface area contributed by atoms with Crippen LogP contribution in [0, 0.1) is 6.92 Å². The van der Waals surface area contributed by atoms with Crippen LogP contribution in [0.25, 0.3) is 11.0 Å².